The Bertz CT molecular complexity index is 1160. The van der Waals surface area contributed by atoms with E-state index < -0.39 is 0 Å². The van der Waals surface area contributed by atoms with E-state index >= 15 is 0 Å². The highest BCUT2D eigenvalue weighted by Crippen LogP contribution is 2.36. The van der Waals surface area contributed by atoms with Gasteiger partial charge in [-0.3, -0.25) is 4.79 Å². The van der Waals surface area contributed by atoms with Crippen molar-refractivity contribution >= 4 is 33.1 Å². The lowest BCUT2D eigenvalue weighted by atomic mass is 10.1. The molecule has 0 bridgehead atoms. The number of benzene rings is 3. The molecule has 1 amide bonds. The summed E-state index contributed by atoms with van der Waals surface area (Å²) in [6.45, 7) is 0. The number of phenolic OH excluding ortho intramolecular Hbond substituents is 1. The van der Waals surface area contributed by atoms with Crippen molar-refractivity contribution in [1.29, 1.82) is 5.26 Å². The molecule has 2 N–H and O–H groups in total. The van der Waals surface area contributed by atoms with Crippen molar-refractivity contribution in [2.45, 2.75) is 0 Å². The number of phenols is 1. The highest BCUT2D eigenvalue weighted by Gasteiger charge is 2.13. The Morgan fingerprint density at radius 2 is 1.85 bits per heavy atom. The number of amides is 1. The van der Waals surface area contributed by atoms with Crippen molar-refractivity contribution < 1.29 is 9.90 Å². The summed E-state index contributed by atoms with van der Waals surface area (Å²) in [5.41, 5.74) is 2.92. The Kier molecular flexibility index (Phi) is 4.29. The molecule has 1 aromatic heterocycles. The third kappa shape index (κ3) is 3.36. The van der Waals surface area contributed by atoms with Crippen LogP contribution in [0.5, 0.6) is 5.75 Å². The van der Waals surface area contributed by atoms with E-state index in [0.29, 0.717) is 27.4 Å². The van der Waals surface area contributed by atoms with Gasteiger partial charge in [-0.05, 0) is 54.6 Å². The third-order valence-corrected chi connectivity index (χ3v) is 5.12. The largest absolute Gasteiger partial charge is 0.507 e. The van der Waals surface area contributed by atoms with Gasteiger partial charge < -0.3 is 10.4 Å². The Morgan fingerprint density at radius 3 is 2.59 bits per heavy atom. The summed E-state index contributed by atoms with van der Waals surface area (Å²) in [4.78, 5) is 17.0. The molecule has 0 atom stereocenters. The van der Waals surface area contributed by atoms with Crippen molar-refractivity contribution in [1.82, 2.24) is 4.98 Å². The molecule has 0 radical (unpaired) electrons. The Morgan fingerprint density at radius 1 is 1.07 bits per heavy atom. The molecule has 4 rings (SSSR count). The zero-order valence-electron chi connectivity index (χ0n) is 14.0. The second-order valence-electron chi connectivity index (χ2n) is 5.86. The monoisotopic (exact) mass is 371 g/mol. The molecule has 130 valence electrons. The van der Waals surface area contributed by atoms with Crippen molar-refractivity contribution in [3.63, 3.8) is 0 Å². The maximum absolute atomic E-state index is 12.4. The van der Waals surface area contributed by atoms with Crippen LogP contribution in [0.4, 0.5) is 5.69 Å². The minimum atomic E-state index is -0.291. The molecule has 1 heterocycles. The second-order valence-corrected chi connectivity index (χ2v) is 6.89. The summed E-state index contributed by atoms with van der Waals surface area (Å²) < 4.78 is 1.03. The smallest absolute Gasteiger partial charge is 0.255 e. The number of nitrogens with zero attached hydrogens (tertiary/aromatic N) is 2. The first-order valence-electron chi connectivity index (χ1n) is 8.14. The first-order chi connectivity index (χ1) is 13.1. The number of hydrogen-bond acceptors (Lipinski definition) is 5. The minimum absolute atomic E-state index is 0.102. The van der Waals surface area contributed by atoms with Gasteiger partial charge in [0.2, 0.25) is 0 Å². The number of fused-ring (bicyclic) bond motifs is 1. The minimum Gasteiger partial charge on any atom is -0.507 e. The highest BCUT2D eigenvalue weighted by molar-refractivity contribution is 7.21. The van der Waals surface area contributed by atoms with E-state index in [1.165, 1.54) is 17.4 Å². The van der Waals surface area contributed by atoms with E-state index in [1.807, 2.05) is 30.3 Å². The van der Waals surface area contributed by atoms with Crippen LogP contribution < -0.4 is 5.32 Å². The standard InChI is InChI=1S/C21H13N3O2S/c22-12-13-5-7-14(8-6-13)20(26)23-15-9-10-18(25)16(11-15)21-24-17-3-1-2-4-19(17)27-21/h1-11,25H,(H,23,26). The van der Waals surface area contributed by atoms with Gasteiger partial charge in [0.25, 0.3) is 5.91 Å². The van der Waals surface area contributed by atoms with Gasteiger partial charge >= 0.3 is 0 Å². The fourth-order valence-corrected chi connectivity index (χ4v) is 3.66. The molecule has 0 aliphatic rings. The lowest BCUT2D eigenvalue weighted by Crippen LogP contribution is -2.11. The second kappa shape index (κ2) is 6.90. The molecule has 27 heavy (non-hydrogen) atoms. The zero-order chi connectivity index (χ0) is 18.8. The molecule has 0 spiro atoms. The molecule has 4 aromatic rings. The number of aromatic hydroxyl groups is 1. The topological polar surface area (TPSA) is 86.0 Å². The van der Waals surface area contributed by atoms with Crippen molar-refractivity contribution in [3.05, 3.63) is 77.9 Å². The molecule has 0 aliphatic carbocycles. The lowest BCUT2D eigenvalue weighted by molar-refractivity contribution is 0.102. The van der Waals surface area contributed by atoms with E-state index in [2.05, 4.69) is 10.3 Å². The fraction of sp³-hybridized carbons (Fsp3) is 0. The first-order valence-corrected chi connectivity index (χ1v) is 8.96. The predicted octanol–water partition coefficient (Wildman–Crippen LogP) is 4.79. The van der Waals surface area contributed by atoms with Crippen molar-refractivity contribution in [3.8, 4) is 22.4 Å². The molecule has 0 fully saturated rings. The van der Waals surface area contributed by atoms with E-state index in [-0.39, 0.29) is 11.7 Å². The van der Waals surface area contributed by atoms with Gasteiger partial charge in [-0.15, -0.1) is 11.3 Å². The first kappa shape index (κ1) is 16.8. The zero-order valence-corrected chi connectivity index (χ0v) is 14.8. The molecular formula is C21H13N3O2S. The molecule has 0 unspecified atom stereocenters. The van der Waals surface area contributed by atoms with Gasteiger partial charge in [-0.2, -0.15) is 5.26 Å². The molecular weight excluding hydrogens is 358 g/mol. The quantitative estimate of drug-likeness (QED) is 0.507. The lowest BCUT2D eigenvalue weighted by Gasteiger charge is -2.08. The number of nitriles is 1. The molecule has 0 aliphatic heterocycles. The van der Waals surface area contributed by atoms with Crippen LogP contribution in [0.1, 0.15) is 15.9 Å². The summed E-state index contributed by atoms with van der Waals surface area (Å²) in [6.07, 6.45) is 0. The number of aromatic nitrogens is 1. The number of hydrogen-bond donors (Lipinski definition) is 2. The number of anilines is 1. The maximum Gasteiger partial charge on any atom is 0.255 e. The van der Waals surface area contributed by atoms with Crippen LogP contribution in [0, 0.1) is 11.3 Å². The predicted molar refractivity (Wildman–Crippen MR) is 106 cm³/mol. The number of para-hydroxylation sites is 1. The van der Waals surface area contributed by atoms with Gasteiger partial charge in [-0.1, -0.05) is 12.1 Å². The third-order valence-electron chi connectivity index (χ3n) is 4.05. The number of carbonyl (C=O) groups excluding carboxylic acids is 1. The van der Waals surface area contributed by atoms with E-state index in [9.17, 15) is 9.90 Å². The van der Waals surface area contributed by atoms with Gasteiger partial charge in [0, 0.05) is 11.3 Å². The number of nitrogens with one attached hydrogen (secondary N) is 1. The summed E-state index contributed by atoms with van der Waals surface area (Å²) in [5, 5.41) is 22.6. The van der Waals surface area contributed by atoms with Crippen molar-refractivity contribution in [2.24, 2.45) is 0 Å². The van der Waals surface area contributed by atoms with Gasteiger partial charge in [0.05, 0.1) is 27.4 Å². The van der Waals surface area contributed by atoms with Gasteiger partial charge in [-0.25, -0.2) is 4.98 Å². The molecule has 5 nitrogen and oxygen atoms in total. The summed E-state index contributed by atoms with van der Waals surface area (Å²) in [6, 6.07) is 21.0. The van der Waals surface area contributed by atoms with Crippen LogP contribution in [0.15, 0.2) is 66.7 Å². The van der Waals surface area contributed by atoms with Crippen molar-refractivity contribution in [2.75, 3.05) is 5.32 Å². The van der Waals surface area contributed by atoms with Crippen LogP contribution in [0.3, 0.4) is 0 Å². The fourth-order valence-electron chi connectivity index (χ4n) is 2.67. The van der Waals surface area contributed by atoms with Crippen LogP contribution in [0.25, 0.3) is 20.8 Å². The van der Waals surface area contributed by atoms with Crippen LogP contribution in [-0.4, -0.2) is 16.0 Å². The number of carbonyl (C=O) groups is 1. The number of thiazole rings is 1. The van der Waals surface area contributed by atoms with E-state index in [1.54, 1.807) is 36.4 Å². The maximum atomic E-state index is 12.4. The highest BCUT2D eigenvalue weighted by atomic mass is 32.1. The SMILES string of the molecule is N#Cc1ccc(C(=O)Nc2ccc(O)c(-c3nc4ccccc4s3)c2)cc1. The summed E-state index contributed by atoms with van der Waals surface area (Å²) in [7, 11) is 0. The van der Waals surface area contributed by atoms with E-state index in [0.717, 1.165) is 10.2 Å². The Hall–Kier alpha value is -3.69. The molecule has 6 heteroatoms. The Labute approximate surface area is 159 Å². The van der Waals surface area contributed by atoms with Crippen LogP contribution >= 0.6 is 11.3 Å². The average Bonchev–Trinajstić information content (AvgIpc) is 3.13. The molecule has 0 saturated carbocycles. The van der Waals surface area contributed by atoms with Gasteiger partial charge in [0.15, 0.2) is 0 Å². The Balaban J connectivity index is 1.63. The normalized spacial score (nSPS) is 10.5. The summed E-state index contributed by atoms with van der Waals surface area (Å²) >= 11 is 1.48. The molecule has 3 aromatic carbocycles. The van der Waals surface area contributed by atoms with Crippen LogP contribution in [-0.2, 0) is 0 Å². The summed E-state index contributed by atoms with van der Waals surface area (Å²) in [5.74, 6) is -0.189. The average molecular weight is 371 g/mol. The van der Waals surface area contributed by atoms with Crippen LogP contribution in [0.2, 0.25) is 0 Å². The molecule has 0 saturated heterocycles. The number of rotatable bonds is 3. The van der Waals surface area contributed by atoms with E-state index in [4.69, 9.17) is 5.26 Å². The van der Waals surface area contributed by atoms with Gasteiger partial charge in [0.1, 0.15) is 10.8 Å².